The van der Waals surface area contributed by atoms with Crippen LogP contribution < -0.4 is 10.6 Å². The highest BCUT2D eigenvalue weighted by molar-refractivity contribution is 6.34. The van der Waals surface area contributed by atoms with Gasteiger partial charge in [-0.05, 0) is 50.1 Å². The summed E-state index contributed by atoms with van der Waals surface area (Å²) in [6, 6.07) is 14.7. The number of rotatable bonds is 4. The van der Waals surface area contributed by atoms with Gasteiger partial charge in [-0.25, -0.2) is 0 Å². The van der Waals surface area contributed by atoms with E-state index < -0.39 is 0 Å². The van der Waals surface area contributed by atoms with Crippen molar-refractivity contribution in [2.45, 2.75) is 45.1 Å². The van der Waals surface area contributed by atoms with Crippen molar-refractivity contribution in [2.24, 2.45) is 0 Å². The van der Waals surface area contributed by atoms with Crippen molar-refractivity contribution in [3.05, 3.63) is 70.4 Å². The van der Waals surface area contributed by atoms with E-state index in [1.54, 1.807) is 18.2 Å². The zero-order chi connectivity index (χ0) is 21.1. The number of nitrogens with zero attached hydrogens (tertiary/aromatic N) is 1. The first-order chi connectivity index (χ1) is 14.5. The van der Waals surface area contributed by atoms with Gasteiger partial charge in [-0.15, -0.1) is 0 Å². The molecule has 2 N–H and O–H groups in total. The van der Waals surface area contributed by atoms with Crippen molar-refractivity contribution in [2.75, 3.05) is 5.32 Å². The van der Waals surface area contributed by atoms with Gasteiger partial charge in [0.25, 0.3) is 11.8 Å². The molecule has 6 heteroatoms. The van der Waals surface area contributed by atoms with Crippen LogP contribution in [0.2, 0.25) is 5.02 Å². The second-order valence-corrected chi connectivity index (χ2v) is 8.18. The lowest BCUT2D eigenvalue weighted by molar-refractivity contribution is 0.0926. The van der Waals surface area contributed by atoms with Gasteiger partial charge in [0.2, 0.25) is 0 Å². The summed E-state index contributed by atoms with van der Waals surface area (Å²) >= 11 is 6.27. The maximum absolute atomic E-state index is 12.9. The first kappa shape index (κ1) is 20.4. The van der Waals surface area contributed by atoms with Gasteiger partial charge < -0.3 is 10.6 Å². The normalized spacial score (nSPS) is 14.5. The molecule has 30 heavy (non-hydrogen) atoms. The third kappa shape index (κ3) is 4.46. The molecule has 1 heterocycles. The summed E-state index contributed by atoms with van der Waals surface area (Å²) in [7, 11) is 0. The van der Waals surface area contributed by atoms with E-state index >= 15 is 0 Å². The van der Waals surface area contributed by atoms with Crippen LogP contribution in [0.1, 0.15) is 58.5 Å². The van der Waals surface area contributed by atoms with Crippen LogP contribution in [0.25, 0.3) is 10.9 Å². The molecule has 0 aliphatic heterocycles. The van der Waals surface area contributed by atoms with E-state index in [0.29, 0.717) is 27.5 Å². The number of amides is 2. The number of pyridine rings is 1. The van der Waals surface area contributed by atoms with Crippen LogP contribution in [0.4, 0.5) is 5.69 Å². The lowest BCUT2D eigenvalue weighted by atomic mass is 9.95. The Hall–Kier alpha value is -2.92. The van der Waals surface area contributed by atoms with E-state index in [1.165, 1.54) is 6.42 Å². The molecule has 4 rings (SSSR count). The number of nitrogens with one attached hydrogen (secondary N) is 2. The van der Waals surface area contributed by atoms with E-state index in [-0.39, 0.29) is 17.9 Å². The second kappa shape index (κ2) is 8.84. The van der Waals surface area contributed by atoms with Crippen LogP contribution in [0.3, 0.4) is 0 Å². The monoisotopic (exact) mass is 421 g/mol. The summed E-state index contributed by atoms with van der Waals surface area (Å²) < 4.78 is 0. The van der Waals surface area contributed by atoms with Crippen molar-refractivity contribution in [3.63, 3.8) is 0 Å². The number of aryl methyl sites for hydroxylation is 1. The predicted octanol–water partition coefficient (Wildman–Crippen LogP) is 5.51. The minimum Gasteiger partial charge on any atom is -0.349 e. The lowest BCUT2D eigenvalue weighted by Gasteiger charge is -2.23. The molecule has 1 saturated carbocycles. The minimum atomic E-state index is -0.272. The van der Waals surface area contributed by atoms with Crippen molar-refractivity contribution < 1.29 is 9.59 Å². The molecule has 0 radical (unpaired) electrons. The molecule has 1 aliphatic rings. The number of halogens is 1. The maximum Gasteiger partial charge on any atom is 0.257 e. The maximum atomic E-state index is 12.9. The zero-order valence-electron chi connectivity index (χ0n) is 16.9. The SMILES string of the molecule is Cc1nc2ccccc2cc1C(=O)Nc1ccc(Cl)c(C(=O)NC2CCCCC2)c1. The predicted molar refractivity (Wildman–Crippen MR) is 120 cm³/mol. The van der Waals surface area contributed by atoms with E-state index in [2.05, 4.69) is 15.6 Å². The van der Waals surface area contributed by atoms with Gasteiger partial charge in [0.1, 0.15) is 0 Å². The number of para-hydroxylation sites is 1. The average Bonchev–Trinajstić information content (AvgIpc) is 2.75. The highest BCUT2D eigenvalue weighted by Crippen LogP contribution is 2.24. The van der Waals surface area contributed by atoms with Gasteiger partial charge in [0, 0.05) is 17.1 Å². The Bertz CT molecular complexity index is 1110. The molecule has 0 unspecified atom stereocenters. The third-order valence-electron chi connectivity index (χ3n) is 5.57. The summed E-state index contributed by atoms with van der Waals surface area (Å²) in [5.41, 5.74) is 2.88. The molecule has 154 valence electrons. The number of aromatic nitrogens is 1. The van der Waals surface area contributed by atoms with Crippen molar-refractivity contribution in [3.8, 4) is 0 Å². The van der Waals surface area contributed by atoms with E-state index in [1.807, 2.05) is 37.3 Å². The largest absolute Gasteiger partial charge is 0.349 e. The van der Waals surface area contributed by atoms with Gasteiger partial charge in [0.05, 0.1) is 27.4 Å². The average molecular weight is 422 g/mol. The molecular formula is C24H24ClN3O2. The Morgan fingerprint density at radius 2 is 1.73 bits per heavy atom. The fourth-order valence-corrected chi connectivity index (χ4v) is 4.13. The van der Waals surface area contributed by atoms with Crippen LogP contribution in [0.5, 0.6) is 0 Å². The molecule has 1 aliphatic carbocycles. The molecule has 2 aromatic carbocycles. The Labute approximate surface area is 180 Å². The number of carbonyl (C=O) groups is 2. The van der Waals surface area contributed by atoms with Crippen molar-refractivity contribution in [1.82, 2.24) is 10.3 Å². The molecule has 2 amide bonds. The Kier molecular flexibility index (Phi) is 6.00. The first-order valence-corrected chi connectivity index (χ1v) is 10.7. The van der Waals surface area contributed by atoms with Crippen LogP contribution >= 0.6 is 11.6 Å². The Morgan fingerprint density at radius 1 is 0.967 bits per heavy atom. The second-order valence-electron chi connectivity index (χ2n) is 7.77. The number of anilines is 1. The molecule has 0 spiro atoms. The summed E-state index contributed by atoms with van der Waals surface area (Å²) in [5.74, 6) is -0.474. The molecule has 3 aromatic rings. The van der Waals surface area contributed by atoms with Crippen LogP contribution in [-0.4, -0.2) is 22.8 Å². The summed E-state index contributed by atoms with van der Waals surface area (Å²) in [6.45, 7) is 1.81. The van der Waals surface area contributed by atoms with Gasteiger partial charge >= 0.3 is 0 Å². The molecule has 0 atom stereocenters. The number of carbonyl (C=O) groups excluding carboxylic acids is 2. The fourth-order valence-electron chi connectivity index (χ4n) is 3.93. The highest BCUT2D eigenvalue weighted by atomic mass is 35.5. The first-order valence-electron chi connectivity index (χ1n) is 10.3. The molecule has 1 fully saturated rings. The van der Waals surface area contributed by atoms with Crippen LogP contribution in [-0.2, 0) is 0 Å². The third-order valence-corrected chi connectivity index (χ3v) is 5.90. The number of hydrogen-bond donors (Lipinski definition) is 2. The van der Waals surface area contributed by atoms with Gasteiger partial charge in [-0.2, -0.15) is 0 Å². The summed E-state index contributed by atoms with van der Waals surface area (Å²) in [5, 5.41) is 7.21. The van der Waals surface area contributed by atoms with Crippen LogP contribution in [0, 0.1) is 6.92 Å². The van der Waals surface area contributed by atoms with E-state index in [0.717, 1.165) is 36.6 Å². The van der Waals surface area contributed by atoms with Crippen molar-refractivity contribution in [1.29, 1.82) is 0 Å². The fraction of sp³-hybridized carbons (Fsp3) is 0.292. The van der Waals surface area contributed by atoms with E-state index in [9.17, 15) is 9.59 Å². The smallest absolute Gasteiger partial charge is 0.257 e. The quantitative estimate of drug-likeness (QED) is 0.583. The van der Waals surface area contributed by atoms with Crippen LogP contribution in [0.15, 0.2) is 48.5 Å². The Morgan fingerprint density at radius 3 is 2.53 bits per heavy atom. The summed E-state index contributed by atoms with van der Waals surface area (Å²) in [6.07, 6.45) is 5.47. The number of hydrogen-bond acceptors (Lipinski definition) is 3. The topological polar surface area (TPSA) is 71.1 Å². The van der Waals surface area contributed by atoms with Crippen molar-refractivity contribution >= 4 is 40.0 Å². The summed E-state index contributed by atoms with van der Waals surface area (Å²) in [4.78, 5) is 30.1. The highest BCUT2D eigenvalue weighted by Gasteiger charge is 2.19. The minimum absolute atomic E-state index is 0.187. The molecule has 0 saturated heterocycles. The molecular weight excluding hydrogens is 398 g/mol. The van der Waals surface area contributed by atoms with Gasteiger partial charge in [-0.1, -0.05) is 49.1 Å². The molecule has 1 aromatic heterocycles. The number of benzene rings is 2. The number of fused-ring (bicyclic) bond motifs is 1. The lowest BCUT2D eigenvalue weighted by Crippen LogP contribution is -2.36. The molecule has 5 nitrogen and oxygen atoms in total. The zero-order valence-corrected chi connectivity index (χ0v) is 17.6. The Balaban J connectivity index is 1.53. The standard InChI is InChI=1S/C24H24ClN3O2/c1-15-19(13-16-7-5-6-10-22(16)26-15)23(29)28-18-11-12-21(25)20(14-18)24(30)27-17-8-3-2-4-9-17/h5-7,10-14,17H,2-4,8-9H2,1H3,(H,27,30)(H,28,29). The van der Waals surface area contributed by atoms with Gasteiger partial charge in [-0.3, -0.25) is 14.6 Å². The molecule has 0 bridgehead atoms. The van der Waals surface area contributed by atoms with E-state index in [4.69, 9.17) is 11.6 Å². The van der Waals surface area contributed by atoms with Gasteiger partial charge in [0.15, 0.2) is 0 Å².